The molecule has 15 heavy (non-hydrogen) atoms. The van der Waals surface area contributed by atoms with Gasteiger partial charge in [-0.25, -0.2) is 4.98 Å². The van der Waals surface area contributed by atoms with E-state index in [0.29, 0.717) is 5.70 Å². The predicted octanol–water partition coefficient (Wildman–Crippen LogP) is 3.61. The SMILES string of the molecule is C=NC(=C(C)C)c1nc(C(F)(F)F)cs1. The summed E-state index contributed by atoms with van der Waals surface area (Å²) in [6.07, 6.45) is -4.40. The Morgan fingerprint density at radius 1 is 1.47 bits per heavy atom. The minimum atomic E-state index is -4.40. The molecule has 6 heteroatoms. The highest BCUT2D eigenvalue weighted by atomic mass is 32.1. The summed E-state index contributed by atoms with van der Waals surface area (Å²) < 4.78 is 36.8. The normalized spacial score (nSPS) is 11.3. The quantitative estimate of drug-likeness (QED) is 0.717. The van der Waals surface area contributed by atoms with Crippen molar-refractivity contribution in [3.63, 3.8) is 0 Å². The first-order valence-corrected chi connectivity index (χ1v) is 4.91. The zero-order valence-corrected chi connectivity index (χ0v) is 9.04. The summed E-state index contributed by atoms with van der Waals surface area (Å²) in [5.74, 6) is 0. The van der Waals surface area contributed by atoms with Gasteiger partial charge in [0.15, 0.2) is 5.69 Å². The van der Waals surface area contributed by atoms with Crippen LogP contribution in [0.15, 0.2) is 15.9 Å². The minimum absolute atomic E-state index is 0.248. The second-order valence-electron chi connectivity index (χ2n) is 3.04. The average molecular weight is 234 g/mol. The first-order valence-electron chi connectivity index (χ1n) is 4.03. The summed E-state index contributed by atoms with van der Waals surface area (Å²) in [6.45, 7) is 6.81. The third-order valence-corrected chi connectivity index (χ3v) is 2.48. The number of aromatic nitrogens is 1. The molecule has 0 bridgehead atoms. The molecule has 0 radical (unpaired) electrons. The van der Waals surface area contributed by atoms with E-state index in [-0.39, 0.29) is 5.01 Å². The molecule has 2 nitrogen and oxygen atoms in total. The number of alkyl halides is 3. The zero-order chi connectivity index (χ0) is 11.6. The van der Waals surface area contributed by atoms with Crippen LogP contribution in [0.3, 0.4) is 0 Å². The molecule has 0 unspecified atom stereocenters. The summed E-state index contributed by atoms with van der Waals surface area (Å²) in [5, 5.41) is 1.22. The second-order valence-corrected chi connectivity index (χ2v) is 3.90. The maximum atomic E-state index is 12.3. The fraction of sp³-hybridized carbons (Fsp3) is 0.333. The highest BCUT2D eigenvalue weighted by Gasteiger charge is 2.34. The number of hydrogen-bond donors (Lipinski definition) is 0. The Kier molecular flexibility index (Phi) is 3.28. The lowest BCUT2D eigenvalue weighted by atomic mass is 10.3. The number of thiazole rings is 1. The van der Waals surface area contributed by atoms with Gasteiger partial charge in [0.2, 0.25) is 0 Å². The van der Waals surface area contributed by atoms with E-state index in [4.69, 9.17) is 0 Å². The van der Waals surface area contributed by atoms with Gasteiger partial charge in [0, 0.05) is 5.38 Å². The number of allylic oxidation sites excluding steroid dienone is 1. The van der Waals surface area contributed by atoms with E-state index >= 15 is 0 Å². The molecule has 1 rings (SSSR count). The molecule has 0 atom stereocenters. The van der Waals surface area contributed by atoms with Crippen molar-refractivity contribution in [1.29, 1.82) is 0 Å². The Morgan fingerprint density at radius 3 is 2.40 bits per heavy atom. The Morgan fingerprint density at radius 2 is 2.07 bits per heavy atom. The third kappa shape index (κ3) is 2.65. The van der Waals surface area contributed by atoms with E-state index < -0.39 is 11.9 Å². The number of nitrogens with zero attached hydrogens (tertiary/aromatic N) is 2. The molecule has 1 heterocycles. The van der Waals surface area contributed by atoms with Crippen LogP contribution in [-0.4, -0.2) is 11.7 Å². The van der Waals surface area contributed by atoms with Crippen molar-refractivity contribution in [3.05, 3.63) is 21.7 Å². The van der Waals surface area contributed by atoms with Gasteiger partial charge in [0.1, 0.15) is 5.01 Å². The van der Waals surface area contributed by atoms with Gasteiger partial charge in [-0.2, -0.15) is 13.2 Å². The zero-order valence-electron chi connectivity index (χ0n) is 8.22. The monoisotopic (exact) mass is 234 g/mol. The summed E-state index contributed by atoms with van der Waals surface area (Å²) in [4.78, 5) is 7.14. The van der Waals surface area contributed by atoms with E-state index in [2.05, 4.69) is 16.7 Å². The molecule has 0 aliphatic rings. The Hall–Kier alpha value is -1.17. The molecule has 0 aliphatic heterocycles. The van der Waals surface area contributed by atoms with Crippen LogP contribution in [0.4, 0.5) is 13.2 Å². The van der Waals surface area contributed by atoms with Crippen LogP contribution in [0.2, 0.25) is 0 Å². The van der Waals surface area contributed by atoms with Crippen LogP contribution < -0.4 is 0 Å². The van der Waals surface area contributed by atoms with Crippen molar-refractivity contribution in [2.24, 2.45) is 4.99 Å². The van der Waals surface area contributed by atoms with Gasteiger partial charge in [0.05, 0.1) is 5.70 Å². The van der Waals surface area contributed by atoms with Crippen molar-refractivity contribution < 1.29 is 13.2 Å². The van der Waals surface area contributed by atoms with Crippen molar-refractivity contribution in [2.75, 3.05) is 0 Å². The molecule has 0 N–H and O–H groups in total. The van der Waals surface area contributed by atoms with Gasteiger partial charge >= 0.3 is 6.18 Å². The summed E-state index contributed by atoms with van der Waals surface area (Å²) >= 11 is 0.915. The molecule has 0 saturated heterocycles. The van der Waals surface area contributed by atoms with Crippen molar-refractivity contribution in [3.8, 4) is 0 Å². The molecule has 0 amide bonds. The van der Waals surface area contributed by atoms with Crippen molar-refractivity contribution in [1.82, 2.24) is 4.98 Å². The molecule has 0 aliphatic carbocycles. The maximum Gasteiger partial charge on any atom is 0.434 e. The largest absolute Gasteiger partial charge is 0.434 e. The molecule has 0 saturated carbocycles. The van der Waals surface area contributed by atoms with Crippen molar-refractivity contribution in [2.45, 2.75) is 20.0 Å². The van der Waals surface area contributed by atoms with Gasteiger partial charge in [-0.05, 0) is 26.1 Å². The molecule has 82 valence electrons. The predicted molar refractivity (Wildman–Crippen MR) is 54.9 cm³/mol. The number of halogens is 3. The first kappa shape index (κ1) is 11.9. The standard InChI is InChI=1S/C9H9F3N2S/c1-5(2)7(13-3)8-14-6(4-15-8)9(10,11)12/h4H,3H2,1-2H3. The summed E-state index contributed by atoms with van der Waals surface area (Å²) in [6, 6.07) is 0. The third-order valence-electron chi connectivity index (χ3n) is 1.63. The fourth-order valence-electron chi connectivity index (χ4n) is 0.952. The lowest BCUT2D eigenvalue weighted by molar-refractivity contribution is -0.140. The van der Waals surface area contributed by atoms with Crippen LogP contribution in [0, 0.1) is 0 Å². The van der Waals surface area contributed by atoms with E-state index in [1.807, 2.05) is 0 Å². The minimum Gasteiger partial charge on any atom is -0.262 e. The summed E-state index contributed by atoms with van der Waals surface area (Å²) in [5.41, 5.74) is 0.313. The molecule has 1 aromatic rings. The lowest BCUT2D eigenvalue weighted by Gasteiger charge is -2.01. The van der Waals surface area contributed by atoms with Gasteiger partial charge in [-0.3, -0.25) is 4.99 Å². The second kappa shape index (κ2) is 4.14. The lowest BCUT2D eigenvalue weighted by Crippen LogP contribution is -2.05. The van der Waals surface area contributed by atoms with Gasteiger partial charge in [-0.15, -0.1) is 11.3 Å². The van der Waals surface area contributed by atoms with Crippen LogP contribution >= 0.6 is 11.3 Å². The molecular weight excluding hydrogens is 225 g/mol. The fourth-order valence-corrected chi connectivity index (χ4v) is 1.89. The number of aliphatic imine (C=N–C) groups is 1. The average Bonchev–Trinajstić information content (AvgIpc) is 2.52. The van der Waals surface area contributed by atoms with Crippen LogP contribution in [-0.2, 0) is 6.18 Å². The number of rotatable bonds is 2. The van der Waals surface area contributed by atoms with Gasteiger partial charge in [-0.1, -0.05) is 0 Å². The Labute approximate surface area is 89.2 Å². The smallest absolute Gasteiger partial charge is 0.262 e. The molecule has 1 aromatic heterocycles. The number of hydrogen-bond acceptors (Lipinski definition) is 3. The van der Waals surface area contributed by atoms with E-state index in [0.717, 1.165) is 22.3 Å². The Bertz CT molecular complexity index is 400. The van der Waals surface area contributed by atoms with E-state index in [1.54, 1.807) is 13.8 Å². The maximum absolute atomic E-state index is 12.3. The highest BCUT2D eigenvalue weighted by molar-refractivity contribution is 7.10. The van der Waals surface area contributed by atoms with Crippen molar-refractivity contribution >= 4 is 23.8 Å². The Balaban J connectivity index is 3.15. The topological polar surface area (TPSA) is 25.2 Å². The molecule has 0 spiro atoms. The molecule has 0 fully saturated rings. The van der Waals surface area contributed by atoms with Crippen LogP contribution in [0.5, 0.6) is 0 Å². The summed E-state index contributed by atoms with van der Waals surface area (Å²) in [7, 11) is 0. The van der Waals surface area contributed by atoms with Crippen LogP contribution in [0.1, 0.15) is 24.5 Å². The highest BCUT2D eigenvalue weighted by Crippen LogP contribution is 2.32. The first-order chi connectivity index (χ1) is 6.86. The van der Waals surface area contributed by atoms with Gasteiger partial charge in [0.25, 0.3) is 0 Å². The molecule has 0 aromatic carbocycles. The molecular formula is C9H9F3N2S. The van der Waals surface area contributed by atoms with Crippen LogP contribution in [0.25, 0.3) is 5.70 Å². The van der Waals surface area contributed by atoms with E-state index in [1.165, 1.54) is 0 Å². The van der Waals surface area contributed by atoms with E-state index in [9.17, 15) is 13.2 Å². The van der Waals surface area contributed by atoms with Gasteiger partial charge < -0.3 is 0 Å².